The normalized spacial score (nSPS) is 11.4. The van der Waals surface area contributed by atoms with E-state index in [-0.39, 0.29) is 0 Å². The summed E-state index contributed by atoms with van der Waals surface area (Å²) in [4.78, 5) is 8.98. The fraction of sp³-hybridized carbons (Fsp3) is 0.500. The lowest BCUT2D eigenvalue weighted by Gasteiger charge is -2.14. The molecule has 5 nitrogen and oxygen atoms in total. The molecule has 0 unspecified atom stereocenters. The molecule has 0 radical (unpaired) electrons. The van der Waals surface area contributed by atoms with Crippen LogP contribution in [0.1, 0.15) is 39.4 Å². The van der Waals surface area contributed by atoms with Crippen LogP contribution in [0.15, 0.2) is 18.3 Å². The SMILES string of the molecule is COc1ccc(-c2nc(C(C)C)n(CC(C)C)c2N)cn1. The Labute approximate surface area is 126 Å². The second-order valence-electron chi connectivity index (χ2n) is 5.95. The number of rotatable bonds is 5. The number of nitrogen functional groups attached to an aromatic ring is 1. The number of pyridine rings is 1. The molecule has 2 N–H and O–H groups in total. The number of aromatic nitrogens is 3. The maximum Gasteiger partial charge on any atom is 0.212 e. The molecule has 2 rings (SSSR count). The largest absolute Gasteiger partial charge is 0.481 e. The highest BCUT2D eigenvalue weighted by atomic mass is 16.5. The summed E-state index contributed by atoms with van der Waals surface area (Å²) in [7, 11) is 1.60. The van der Waals surface area contributed by atoms with Crippen LogP contribution in [0.4, 0.5) is 5.82 Å². The first-order valence-corrected chi connectivity index (χ1v) is 7.30. The monoisotopic (exact) mass is 288 g/mol. The fourth-order valence-electron chi connectivity index (χ4n) is 2.33. The van der Waals surface area contributed by atoms with E-state index in [0.717, 1.165) is 23.6 Å². The summed E-state index contributed by atoms with van der Waals surface area (Å²) in [6, 6.07) is 3.76. The first-order chi connectivity index (χ1) is 9.93. The van der Waals surface area contributed by atoms with Crippen LogP contribution in [0.25, 0.3) is 11.3 Å². The van der Waals surface area contributed by atoms with Crippen LogP contribution in [0.5, 0.6) is 5.88 Å². The van der Waals surface area contributed by atoms with Crippen LogP contribution in [-0.4, -0.2) is 21.6 Å². The van der Waals surface area contributed by atoms with E-state index in [2.05, 4.69) is 37.2 Å². The Morgan fingerprint density at radius 2 is 1.95 bits per heavy atom. The Bertz CT molecular complexity index is 599. The van der Waals surface area contributed by atoms with Gasteiger partial charge in [-0.05, 0) is 12.0 Å². The molecule has 0 saturated heterocycles. The number of nitrogens with zero attached hydrogens (tertiary/aromatic N) is 3. The maximum atomic E-state index is 6.33. The molecule has 0 spiro atoms. The average Bonchev–Trinajstić information content (AvgIpc) is 2.76. The molecule has 0 aromatic carbocycles. The second-order valence-corrected chi connectivity index (χ2v) is 5.95. The Morgan fingerprint density at radius 1 is 1.24 bits per heavy atom. The molecule has 0 fully saturated rings. The number of ether oxygens (including phenoxy) is 1. The summed E-state index contributed by atoms with van der Waals surface area (Å²) in [5.41, 5.74) is 8.05. The van der Waals surface area contributed by atoms with Crippen LogP contribution < -0.4 is 10.5 Å². The van der Waals surface area contributed by atoms with Crippen LogP contribution >= 0.6 is 0 Å². The van der Waals surface area contributed by atoms with Crippen molar-refractivity contribution >= 4 is 5.82 Å². The molecule has 21 heavy (non-hydrogen) atoms. The van der Waals surface area contributed by atoms with Gasteiger partial charge in [0.05, 0.1) is 7.11 Å². The van der Waals surface area contributed by atoms with Gasteiger partial charge in [-0.15, -0.1) is 0 Å². The third-order valence-corrected chi connectivity index (χ3v) is 3.32. The lowest BCUT2D eigenvalue weighted by molar-refractivity contribution is 0.398. The third-order valence-electron chi connectivity index (χ3n) is 3.32. The molecule has 0 aliphatic rings. The number of nitrogens with two attached hydrogens (primary N) is 1. The van der Waals surface area contributed by atoms with Crippen molar-refractivity contribution in [1.82, 2.24) is 14.5 Å². The van der Waals surface area contributed by atoms with Crippen molar-refractivity contribution in [3.8, 4) is 17.1 Å². The molecule has 2 heterocycles. The van der Waals surface area contributed by atoms with E-state index in [0.29, 0.717) is 23.5 Å². The minimum Gasteiger partial charge on any atom is -0.481 e. The third kappa shape index (κ3) is 3.17. The van der Waals surface area contributed by atoms with Crippen LogP contribution in [0, 0.1) is 5.92 Å². The molecule has 0 aliphatic heterocycles. The smallest absolute Gasteiger partial charge is 0.212 e. The molecule has 2 aromatic rings. The second kappa shape index (κ2) is 6.16. The van der Waals surface area contributed by atoms with Gasteiger partial charge in [-0.25, -0.2) is 9.97 Å². The van der Waals surface area contributed by atoms with Gasteiger partial charge in [-0.3, -0.25) is 0 Å². The fourth-order valence-corrected chi connectivity index (χ4v) is 2.33. The van der Waals surface area contributed by atoms with E-state index in [1.54, 1.807) is 13.3 Å². The molecule has 5 heteroatoms. The summed E-state index contributed by atoms with van der Waals surface area (Å²) in [5.74, 6) is 3.15. The number of methoxy groups -OCH3 is 1. The van der Waals surface area contributed by atoms with Gasteiger partial charge in [0, 0.05) is 30.3 Å². The Hall–Kier alpha value is -2.04. The lowest BCUT2D eigenvalue weighted by Crippen LogP contribution is -2.12. The van der Waals surface area contributed by atoms with E-state index in [1.165, 1.54) is 0 Å². The number of anilines is 1. The highest BCUT2D eigenvalue weighted by Gasteiger charge is 2.19. The summed E-state index contributed by atoms with van der Waals surface area (Å²) in [6.07, 6.45) is 1.75. The van der Waals surface area contributed by atoms with Crippen molar-refractivity contribution in [3.05, 3.63) is 24.2 Å². The number of hydrogen-bond donors (Lipinski definition) is 1. The zero-order valence-corrected chi connectivity index (χ0v) is 13.4. The molecule has 0 amide bonds. The first kappa shape index (κ1) is 15.4. The predicted octanol–water partition coefficient (Wildman–Crippen LogP) is 3.32. The number of hydrogen-bond acceptors (Lipinski definition) is 4. The van der Waals surface area contributed by atoms with Crippen LogP contribution in [0.3, 0.4) is 0 Å². The molecule has 0 bridgehead atoms. The van der Waals surface area contributed by atoms with Gasteiger partial charge in [0.15, 0.2) is 0 Å². The zero-order chi connectivity index (χ0) is 15.6. The Balaban J connectivity index is 2.48. The van der Waals surface area contributed by atoms with Crippen molar-refractivity contribution in [2.75, 3.05) is 12.8 Å². The van der Waals surface area contributed by atoms with Crippen LogP contribution in [-0.2, 0) is 6.54 Å². The highest BCUT2D eigenvalue weighted by Crippen LogP contribution is 2.30. The maximum absolute atomic E-state index is 6.33. The Morgan fingerprint density at radius 3 is 2.43 bits per heavy atom. The van der Waals surface area contributed by atoms with E-state index < -0.39 is 0 Å². The summed E-state index contributed by atoms with van der Waals surface area (Å²) in [5, 5.41) is 0. The summed E-state index contributed by atoms with van der Waals surface area (Å²) < 4.78 is 7.21. The summed E-state index contributed by atoms with van der Waals surface area (Å²) in [6.45, 7) is 9.50. The van der Waals surface area contributed by atoms with Crippen molar-refractivity contribution in [2.24, 2.45) is 5.92 Å². The van der Waals surface area contributed by atoms with Gasteiger partial charge in [-0.1, -0.05) is 27.7 Å². The molecule has 0 aliphatic carbocycles. The van der Waals surface area contributed by atoms with E-state index in [4.69, 9.17) is 15.5 Å². The molecule has 114 valence electrons. The zero-order valence-electron chi connectivity index (χ0n) is 13.4. The van der Waals surface area contributed by atoms with Crippen LogP contribution in [0.2, 0.25) is 0 Å². The van der Waals surface area contributed by atoms with Gasteiger partial charge >= 0.3 is 0 Å². The van der Waals surface area contributed by atoms with E-state index >= 15 is 0 Å². The average molecular weight is 288 g/mol. The van der Waals surface area contributed by atoms with E-state index in [1.807, 2.05) is 12.1 Å². The van der Waals surface area contributed by atoms with Gasteiger partial charge in [0.25, 0.3) is 0 Å². The van der Waals surface area contributed by atoms with Crippen molar-refractivity contribution in [3.63, 3.8) is 0 Å². The first-order valence-electron chi connectivity index (χ1n) is 7.30. The topological polar surface area (TPSA) is 66.0 Å². The van der Waals surface area contributed by atoms with Gasteiger partial charge in [0.1, 0.15) is 17.3 Å². The van der Waals surface area contributed by atoms with Crippen molar-refractivity contribution < 1.29 is 4.74 Å². The van der Waals surface area contributed by atoms with Gasteiger partial charge in [0.2, 0.25) is 5.88 Å². The molecule has 0 atom stereocenters. The minimum atomic E-state index is 0.325. The molecular weight excluding hydrogens is 264 g/mol. The quantitative estimate of drug-likeness (QED) is 0.916. The molecule has 0 saturated carbocycles. The van der Waals surface area contributed by atoms with Crippen molar-refractivity contribution in [2.45, 2.75) is 40.2 Å². The Kier molecular flexibility index (Phi) is 4.50. The minimum absolute atomic E-state index is 0.325. The predicted molar refractivity (Wildman–Crippen MR) is 85.3 cm³/mol. The number of imidazole rings is 1. The standard InChI is InChI=1S/C16H24N4O/c1-10(2)9-20-15(17)14(19-16(20)11(3)4)12-6-7-13(21-5)18-8-12/h6-8,10-11H,9,17H2,1-5H3. The van der Waals surface area contributed by atoms with Crippen molar-refractivity contribution in [1.29, 1.82) is 0 Å². The molecular formula is C16H24N4O. The molecule has 2 aromatic heterocycles. The summed E-state index contributed by atoms with van der Waals surface area (Å²) >= 11 is 0. The lowest BCUT2D eigenvalue weighted by atomic mass is 10.2. The van der Waals surface area contributed by atoms with E-state index in [9.17, 15) is 0 Å². The highest BCUT2D eigenvalue weighted by molar-refractivity contribution is 5.70. The van der Waals surface area contributed by atoms with Gasteiger partial charge in [-0.2, -0.15) is 0 Å². The van der Waals surface area contributed by atoms with Gasteiger partial charge < -0.3 is 15.0 Å².